The van der Waals surface area contributed by atoms with Crippen LogP contribution in [0.3, 0.4) is 0 Å². The van der Waals surface area contributed by atoms with Crippen LogP contribution in [0.15, 0.2) is 12.1 Å². The number of carboxylic acids is 1. The lowest BCUT2D eigenvalue weighted by Gasteiger charge is -2.10. The number of carbonyl (C=O) groups is 3. The van der Waals surface area contributed by atoms with Gasteiger partial charge in [-0.15, -0.1) is 0 Å². The number of nitrogens with one attached hydrogen (secondary N) is 1. The van der Waals surface area contributed by atoms with Gasteiger partial charge in [0.05, 0.1) is 17.9 Å². The summed E-state index contributed by atoms with van der Waals surface area (Å²) in [7, 11) is 0. The summed E-state index contributed by atoms with van der Waals surface area (Å²) in [5.41, 5.74) is 1.60. The summed E-state index contributed by atoms with van der Waals surface area (Å²) in [5, 5.41) is 11.3. The molecule has 0 aromatic heterocycles. The normalized spacial score (nSPS) is 9.84. The maximum atomic E-state index is 11.5. The molecule has 0 heterocycles. The predicted octanol–water partition coefficient (Wildman–Crippen LogP) is 1.50. The first-order chi connectivity index (χ1) is 8.86. The average molecular weight is 265 g/mol. The highest BCUT2D eigenvalue weighted by Crippen LogP contribution is 2.21. The quantitative estimate of drug-likeness (QED) is 0.638. The first-order valence-electron chi connectivity index (χ1n) is 5.69. The van der Waals surface area contributed by atoms with Gasteiger partial charge in [0.25, 0.3) is 0 Å². The van der Waals surface area contributed by atoms with Crippen LogP contribution >= 0.6 is 0 Å². The van der Waals surface area contributed by atoms with Crippen molar-refractivity contribution >= 4 is 23.5 Å². The number of amides is 1. The number of esters is 1. The van der Waals surface area contributed by atoms with Crippen LogP contribution in [0.1, 0.15) is 28.4 Å². The van der Waals surface area contributed by atoms with E-state index >= 15 is 0 Å². The van der Waals surface area contributed by atoms with Crippen LogP contribution < -0.4 is 5.32 Å². The molecule has 0 aliphatic heterocycles. The Morgan fingerprint density at radius 3 is 2.32 bits per heavy atom. The van der Waals surface area contributed by atoms with Crippen LogP contribution in [0.4, 0.5) is 5.69 Å². The lowest BCUT2D eigenvalue weighted by molar-refractivity contribution is -0.152. The van der Waals surface area contributed by atoms with Crippen molar-refractivity contribution in [2.45, 2.75) is 20.8 Å². The molecule has 0 aliphatic rings. The van der Waals surface area contributed by atoms with Crippen LogP contribution in [-0.2, 0) is 14.3 Å². The maximum absolute atomic E-state index is 11.5. The van der Waals surface area contributed by atoms with E-state index in [9.17, 15) is 14.4 Å². The van der Waals surface area contributed by atoms with Gasteiger partial charge in [0.1, 0.15) is 0 Å². The molecule has 0 aliphatic carbocycles. The number of aromatic carboxylic acids is 1. The number of hydrogen-bond donors (Lipinski definition) is 2. The molecule has 0 unspecified atom stereocenters. The highest BCUT2D eigenvalue weighted by atomic mass is 16.5. The third kappa shape index (κ3) is 3.54. The van der Waals surface area contributed by atoms with Gasteiger partial charge >= 0.3 is 17.8 Å². The lowest BCUT2D eigenvalue weighted by atomic mass is 10.0. The van der Waals surface area contributed by atoms with Gasteiger partial charge in [0.15, 0.2) is 0 Å². The van der Waals surface area contributed by atoms with E-state index < -0.39 is 17.8 Å². The fourth-order valence-corrected chi connectivity index (χ4v) is 1.47. The Morgan fingerprint density at radius 1 is 1.21 bits per heavy atom. The zero-order valence-corrected chi connectivity index (χ0v) is 10.9. The van der Waals surface area contributed by atoms with E-state index in [0.717, 1.165) is 11.1 Å². The molecule has 102 valence electrons. The Morgan fingerprint density at radius 2 is 1.79 bits per heavy atom. The highest BCUT2D eigenvalue weighted by Gasteiger charge is 2.19. The van der Waals surface area contributed by atoms with Crippen LogP contribution in [0.5, 0.6) is 0 Å². The maximum Gasteiger partial charge on any atom is 0.397 e. The predicted molar refractivity (Wildman–Crippen MR) is 68.1 cm³/mol. The van der Waals surface area contributed by atoms with E-state index in [4.69, 9.17) is 5.11 Å². The van der Waals surface area contributed by atoms with Crippen molar-refractivity contribution in [3.63, 3.8) is 0 Å². The zero-order chi connectivity index (χ0) is 14.6. The minimum Gasteiger partial charge on any atom is -0.478 e. The van der Waals surface area contributed by atoms with Crippen LogP contribution in [0.2, 0.25) is 0 Å². The number of ether oxygens (including phenoxy) is 1. The van der Waals surface area contributed by atoms with Crippen molar-refractivity contribution in [1.82, 2.24) is 0 Å². The fraction of sp³-hybridized carbons (Fsp3) is 0.308. The van der Waals surface area contributed by atoms with Crippen LogP contribution in [0, 0.1) is 13.8 Å². The second-order valence-corrected chi connectivity index (χ2v) is 3.96. The summed E-state index contributed by atoms with van der Waals surface area (Å²) < 4.78 is 4.53. The molecule has 0 bridgehead atoms. The second-order valence-electron chi connectivity index (χ2n) is 3.96. The van der Waals surface area contributed by atoms with E-state index in [1.807, 2.05) is 0 Å². The zero-order valence-electron chi connectivity index (χ0n) is 10.9. The first kappa shape index (κ1) is 14.7. The molecule has 0 saturated heterocycles. The van der Waals surface area contributed by atoms with E-state index in [1.165, 1.54) is 12.1 Å². The van der Waals surface area contributed by atoms with E-state index in [1.54, 1.807) is 20.8 Å². The van der Waals surface area contributed by atoms with E-state index in [2.05, 4.69) is 10.1 Å². The molecule has 0 atom stereocenters. The Hall–Kier alpha value is -2.37. The lowest BCUT2D eigenvalue weighted by Crippen LogP contribution is -2.26. The smallest absolute Gasteiger partial charge is 0.397 e. The summed E-state index contributed by atoms with van der Waals surface area (Å²) in [6.45, 7) is 5.19. The summed E-state index contributed by atoms with van der Waals surface area (Å²) in [6.07, 6.45) is 0. The first-order valence-corrected chi connectivity index (χ1v) is 5.69. The number of hydrogen-bond acceptors (Lipinski definition) is 4. The molecule has 1 aromatic rings. The Balaban J connectivity index is 3.06. The van der Waals surface area contributed by atoms with Gasteiger partial charge in [-0.05, 0) is 44.0 Å². The fourth-order valence-electron chi connectivity index (χ4n) is 1.47. The van der Waals surface area contributed by atoms with Gasteiger partial charge in [0, 0.05) is 0 Å². The van der Waals surface area contributed by atoms with Gasteiger partial charge in [0.2, 0.25) is 0 Å². The van der Waals surface area contributed by atoms with Crippen LogP contribution in [-0.4, -0.2) is 29.6 Å². The highest BCUT2D eigenvalue weighted by molar-refractivity contribution is 6.37. The molecule has 19 heavy (non-hydrogen) atoms. The number of anilines is 1. The minimum atomic E-state index is -1.18. The number of benzene rings is 1. The molecule has 1 aromatic carbocycles. The summed E-state index contributed by atoms with van der Waals surface area (Å²) in [6, 6.07) is 2.95. The average Bonchev–Trinajstić information content (AvgIpc) is 2.33. The standard InChI is InChI=1S/C13H15NO5/c1-4-19-13(18)11(15)14-10-6-8(3)7(2)5-9(10)12(16)17/h5-6H,4H2,1-3H3,(H,14,15)(H,16,17). The van der Waals surface area contributed by atoms with Crippen molar-refractivity contribution in [3.8, 4) is 0 Å². The van der Waals surface area contributed by atoms with E-state index in [-0.39, 0.29) is 17.9 Å². The largest absolute Gasteiger partial charge is 0.478 e. The molecule has 0 saturated carbocycles. The Labute approximate surface area is 110 Å². The van der Waals surface area contributed by atoms with Gasteiger partial charge in [-0.25, -0.2) is 9.59 Å². The van der Waals surface area contributed by atoms with Crippen molar-refractivity contribution in [3.05, 3.63) is 28.8 Å². The SMILES string of the molecule is CCOC(=O)C(=O)Nc1cc(C)c(C)cc1C(=O)O. The topological polar surface area (TPSA) is 92.7 Å². The summed E-state index contributed by atoms with van der Waals surface area (Å²) in [4.78, 5) is 33.8. The van der Waals surface area contributed by atoms with Gasteiger partial charge in [-0.2, -0.15) is 0 Å². The monoisotopic (exact) mass is 265 g/mol. The summed E-state index contributed by atoms with van der Waals surface area (Å²) >= 11 is 0. The molecular weight excluding hydrogens is 250 g/mol. The van der Waals surface area contributed by atoms with Gasteiger partial charge in [-0.3, -0.25) is 4.79 Å². The number of carbonyl (C=O) groups excluding carboxylic acids is 2. The third-order valence-electron chi connectivity index (χ3n) is 2.57. The van der Waals surface area contributed by atoms with Crippen molar-refractivity contribution in [2.24, 2.45) is 0 Å². The summed E-state index contributed by atoms with van der Waals surface area (Å²) in [5.74, 6) is -3.22. The van der Waals surface area contributed by atoms with Crippen LogP contribution in [0.25, 0.3) is 0 Å². The molecule has 0 fully saturated rings. The molecule has 6 nitrogen and oxygen atoms in total. The third-order valence-corrected chi connectivity index (χ3v) is 2.57. The molecule has 1 rings (SSSR count). The molecule has 0 spiro atoms. The van der Waals surface area contributed by atoms with E-state index in [0.29, 0.717) is 0 Å². The number of aryl methyl sites for hydroxylation is 2. The van der Waals surface area contributed by atoms with Gasteiger partial charge < -0.3 is 15.2 Å². The van der Waals surface area contributed by atoms with Gasteiger partial charge in [-0.1, -0.05) is 0 Å². The molecule has 0 radical (unpaired) electrons. The second kappa shape index (κ2) is 5.99. The Kier molecular flexibility index (Phi) is 4.63. The van der Waals surface area contributed by atoms with Crippen molar-refractivity contribution in [1.29, 1.82) is 0 Å². The number of rotatable bonds is 3. The molecule has 2 N–H and O–H groups in total. The van der Waals surface area contributed by atoms with Crippen molar-refractivity contribution < 1.29 is 24.2 Å². The number of carboxylic acid groups (broad SMARTS) is 1. The molecular formula is C13H15NO5. The molecule has 1 amide bonds. The molecule has 6 heteroatoms. The van der Waals surface area contributed by atoms with Crippen molar-refractivity contribution in [2.75, 3.05) is 11.9 Å². The minimum absolute atomic E-state index is 0.0688. The Bertz CT molecular complexity index is 536.